The Balaban J connectivity index is 2.07. The fourth-order valence-electron chi connectivity index (χ4n) is 1.60. The summed E-state index contributed by atoms with van der Waals surface area (Å²) in [7, 11) is 3.97. The normalized spacial score (nSPS) is 11.1. The molecule has 0 N–H and O–H groups in total. The van der Waals surface area contributed by atoms with Crippen molar-refractivity contribution in [2.75, 3.05) is 19.0 Å². The molecule has 0 amide bonds. The summed E-state index contributed by atoms with van der Waals surface area (Å²) in [5.41, 5.74) is 0.771. The van der Waals surface area contributed by atoms with E-state index in [4.69, 9.17) is 0 Å². The van der Waals surface area contributed by atoms with Crippen LogP contribution in [0, 0.1) is 6.08 Å². The standard InChI is InChI=1S/C11H10FN5S/c1-16(2)9-4-3-8(18-9)7-5-17-6-13-10(12)15-11(17)14-7/h3-6H,1-2H3. The molecule has 0 atom stereocenters. The average Bonchev–Trinajstić information content (AvgIpc) is 2.93. The van der Waals surface area contributed by atoms with Gasteiger partial charge >= 0.3 is 6.08 Å². The molecule has 0 radical (unpaired) electrons. The zero-order valence-electron chi connectivity index (χ0n) is 9.83. The molecule has 7 heteroatoms. The Morgan fingerprint density at radius 2 is 2.11 bits per heavy atom. The van der Waals surface area contributed by atoms with Crippen LogP contribution < -0.4 is 4.90 Å². The molecule has 0 aliphatic carbocycles. The van der Waals surface area contributed by atoms with Crippen LogP contribution in [0.3, 0.4) is 0 Å². The first kappa shape index (κ1) is 11.1. The molecule has 0 unspecified atom stereocenters. The van der Waals surface area contributed by atoms with Crippen molar-refractivity contribution in [2.45, 2.75) is 0 Å². The van der Waals surface area contributed by atoms with Crippen molar-refractivity contribution in [1.82, 2.24) is 19.4 Å². The highest BCUT2D eigenvalue weighted by molar-refractivity contribution is 7.19. The van der Waals surface area contributed by atoms with E-state index in [-0.39, 0.29) is 0 Å². The first-order valence-electron chi connectivity index (χ1n) is 5.28. The molecule has 5 nitrogen and oxygen atoms in total. The highest BCUT2D eigenvalue weighted by Gasteiger charge is 2.09. The van der Waals surface area contributed by atoms with Crippen LogP contribution in [-0.4, -0.2) is 33.4 Å². The van der Waals surface area contributed by atoms with Crippen molar-refractivity contribution in [3.63, 3.8) is 0 Å². The smallest absolute Gasteiger partial charge is 0.313 e. The van der Waals surface area contributed by atoms with Crippen molar-refractivity contribution in [3.05, 3.63) is 30.7 Å². The quantitative estimate of drug-likeness (QED) is 0.710. The minimum atomic E-state index is -0.764. The maximum Gasteiger partial charge on any atom is 0.313 e. The molecule has 0 saturated carbocycles. The fourth-order valence-corrected chi connectivity index (χ4v) is 2.48. The molecule has 3 heterocycles. The lowest BCUT2D eigenvalue weighted by Gasteiger charge is -2.06. The number of hydrogen-bond donors (Lipinski definition) is 0. The lowest BCUT2D eigenvalue weighted by Crippen LogP contribution is -2.05. The number of anilines is 1. The molecule has 18 heavy (non-hydrogen) atoms. The van der Waals surface area contributed by atoms with E-state index in [0.717, 1.165) is 15.6 Å². The zero-order chi connectivity index (χ0) is 12.7. The predicted octanol–water partition coefficient (Wildman–Crippen LogP) is 2.06. The zero-order valence-corrected chi connectivity index (χ0v) is 10.6. The van der Waals surface area contributed by atoms with E-state index in [1.54, 1.807) is 21.9 Å². The third kappa shape index (κ3) is 1.82. The first-order valence-corrected chi connectivity index (χ1v) is 6.10. The number of thiophene rings is 1. The largest absolute Gasteiger partial charge is 0.370 e. The number of nitrogens with zero attached hydrogens (tertiary/aromatic N) is 5. The minimum Gasteiger partial charge on any atom is -0.370 e. The molecule has 0 aromatic carbocycles. The van der Waals surface area contributed by atoms with E-state index in [0.29, 0.717) is 5.78 Å². The van der Waals surface area contributed by atoms with E-state index >= 15 is 0 Å². The van der Waals surface area contributed by atoms with Gasteiger partial charge in [0, 0.05) is 20.3 Å². The molecule has 0 spiro atoms. The number of rotatable bonds is 2. The molecular formula is C11H10FN5S. The predicted molar refractivity (Wildman–Crippen MR) is 68.4 cm³/mol. The molecule has 0 fully saturated rings. The number of halogens is 1. The average molecular weight is 263 g/mol. The summed E-state index contributed by atoms with van der Waals surface area (Å²) in [5, 5.41) is 1.14. The summed E-state index contributed by atoms with van der Waals surface area (Å²) in [6.45, 7) is 0. The summed E-state index contributed by atoms with van der Waals surface area (Å²) in [5.74, 6) is 0.317. The van der Waals surface area contributed by atoms with E-state index in [1.807, 2.05) is 31.1 Å². The van der Waals surface area contributed by atoms with Crippen LogP contribution in [0.1, 0.15) is 0 Å². The summed E-state index contributed by atoms with van der Waals surface area (Å²) in [6.07, 6.45) is 2.40. The van der Waals surface area contributed by atoms with E-state index in [2.05, 4.69) is 15.0 Å². The molecule has 0 saturated heterocycles. The first-order chi connectivity index (χ1) is 8.63. The molecule has 3 aromatic heterocycles. The monoisotopic (exact) mass is 263 g/mol. The Kier molecular flexibility index (Phi) is 2.48. The highest BCUT2D eigenvalue weighted by atomic mass is 32.1. The number of fused-ring (bicyclic) bond motifs is 1. The molecule has 0 aliphatic rings. The molecule has 0 bridgehead atoms. The van der Waals surface area contributed by atoms with Gasteiger partial charge in [-0.25, -0.2) is 4.98 Å². The maximum atomic E-state index is 12.9. The van der Waals surface area contributed by atoms with Gasteiger partial charge in [0.2, 0.25) is 5.78 Å². The molecular weight excluding hydrogens is 253 g/mol. The third-order valence-corrected chi connectivity index (χ3v) is 3.75. The van der Waals surface area contributed by atoms with E-state index in [9.17, 15) is 4.39 Å². The summed E-state index contributed by atoms with van der Waals surface area (Å²) >= 11 is 1.62. The fraction of sp³-hybridized carbons (Fsp3) is 0.182. The molecule has 3 aromatic rings. The maximum absolute atomic E-state index is 12.9. The van der Waals surface area contributed by atoms with Gasteiger partial charge in [-0.05, 0) is 12.1 Å². The van der Waals surface area contributed by atoms with Crippen LogP contribution in [-0.2, 0) is 0 Å². The van der Waals surface area contributed by atoms with Gasteiger partial charge in [-0.2, -0.15) is 14.4 Å². The van der Waals surface area contributed by atoms with Crippen molar-refractivity contribution in [3.8, 4) is 10.6 Å². The van der Waals surface area contributed by atoms with Gasteiger partial charge in [-0.15, -0.1) is 11.3 Å². The van der Waals surface area contributed by atoms with Crippen LogP contribution in [0.4, 0.5) is 9.39 Å². The second kappa shape index (κ2) is 4.02. The Morgan fingerprint density at radius 3 is 2.83 bits per heavy atom. The molecule has 3 rings (SSSR count). The van der Waals surface area contributed by atoms with Crippen LogP contribution in [0.25, 0.3) is 16.3 Å². The second-order valence-corrected chi connectivity index (χ2v) is 5.05. The van der Waals surface area contributed by atoms with Crippen LogP contribution in [0.15, 0.2) is 24.7 Å². The van der Waals surface area contributed by atoms with Gasteiger partial charge < -0.3 is 4.90 Å². The Labute approximate surface area is 107 Å². The lowest BCUT2D eigenvalue weighted by atomic mass is 10.4. The summed E-state index contributed by atoms with van der Waals surface area (Å²) in [4.78, 5) is 14.4. The van der Waals surface area contributed by atoms with Gasteiger partial charge in [0.15, 0.2) is 0 Å². The lowest BCUT2D eigenvalue weighted by molar-refractivity contribution is 0.535. The van der Waals surface area contributed by atoms with Crippen molar-refractivity contribution in [2.24, 2.45) is 0 Å². The number of hydrogen-bond acceptors (Lipinski definition) is 5. The van der Waals surface area contributed by atoms with Gasteiger partial charge in [-0.3, -0.25) is 4.40 Å². The topological polar surface area (TPSA) is 46.3 Å². The van der Waals surface area contributed by atoms with Crippen molar-refractivity contribution in [1.29, 1.82) is 0 Å². The van der Waals surface area contributed by atoms with Crippen LogP contribution in [0.2, 0.25) is 0 Å². The van der Waals surface area contributed by atoms with Crippen molar-refractivity contribution < 1.29 is 4.39 Å². The minimum absolute atomic E-state index is 0.317. The Bertz CT molecular complexity index is 702. The number of imidazole rings is 1. The summed E-state index contributed by atoms with van der Waals surface area (Å²) < 4.78 is 14.5. The Hall–Kier alpha value is -2.02. The SMILES string of the molecule is CN(C)c1ccc(-c2cn3cnc(F)nc3n2)s1. The Morgan fingerprint density at radius 1 is 1.28 bits per heavy atom. The van der Waals surface area contributed by atoms with Gasteiger partial charge in [-0.1, -0.05) is 0 Å². The second-order valence-electron chi connectivity index (χ2n) is 3.99. The summed E-state index contributed by atoms with van der Waals surface area (Å²) in [6, 6.07) is 4.02. The van der Waals surface area contributed by atoms with E-state index in [1.165, 1.54) is 6.33 Å². The molecule has 0 aliphatic heterocycles. The van der Waals surface area contributed by atoms with E-state index < -0.39 is 6.08 Å². The van der Waals surface area contributed by atoms with Gasteiger partial charge in [0.05, 0.1) is 9.88 Å². The van der Waals surface area contributed by atoms with Crippen molar-refractivity contribution >= 4 is 22.1 Å². The third-order valence-electron chi connectivity index (χ3n) is 2.48. The van der Waals surface area contributed by atoms with Gasteiger partial charge in [0.1, 0.15) is 12.0 Å². The number of aromatic nitrogens is 4. The van der Waals surface area contributed by atoms with Crippen LogP contribution in [0.5, 0.6) is 0 Å². The molecule has 92 valence electrons. The van der Waals surface area contributed by atoms with Crippen LogP contribution >= 0.6 is 11.3 Å². The highest BCUT2D eigenvalue weighted by Crippen LogP contribution is 2.31. The van der Waals surface area contributed by atoms with Gasteiger partial charge in [0.25, 0.3) is 0 Å².